The third kappa shape index (κ3) is 16.9. The number of thioether (sulfide) groups is 2. The number of anilines is 6. The van der Waals surface area contributed by atoms with Gasteiger partial charge in [-0.2, -0.15) is 0 Å². The fourth-order valence-corrected chi connectivity index (χ4v) is 9.31. The van der Waals surface area contributed by atoms with Crippen LogP contribution in [-0.2, 0) is 10.8 Å². The van der Waals surface area contributed by atoms with Crippen molar-refractivity contribution in [2.45, 2.75) is 101 Å². The van der Waals surface area contributed by atoms with Crippen molar-refractivity contribution in [3.63, 3.8) is 0 Å². The number of amides is 4. The number of carbonyl (C=O) groups is 4. The standard InChI is InChI=1S/C56H76N10O6S2/c1-55(2,3)37-29-43(49(73-26-22-59)45(31-37)65-53(69)41-18-16-39(61)33-47(41)71-24-11-7-9-20-57)63-51(67)35-14-13-15-36(28-35)52(68)64-44-30-38(56(4,5)6)32-46(50(44)74-27-23-60)66-54(70)42-19-17-40(62)34-48(42)72-25-12-8-10-21-58/h13-19,28-34H,7-12,20-27,57-62H2,1-6H3,(H,63,67)(H,64,68)(H,65,69)(H,66,70). The second-order valence-electron chi connectivity index (χ2n) is 19.9. The molecule has 5 aromatic carbocycles. The Morgan fingerprint density at radius 3 is 1.16 bits per heavy atom. The zero-order valence-electron chi connectivity index (χ0n) is 43.7. The first kappa shape index (κ1) is 58.6. The lowest BCUT2D eigenvalue weighted by Crippen LogP contribution is -2.20. The lowest BCUT2D eigenvalue weighted by Gasteiger charge is -2.25. The van der Waals surface area contributed by atoms with Crippen LogP contribution in [0.3, 0.4) is 0 Å². The van der Waals surface area contributed by atoms with Gasteiger partial charge in [0.25, 0.3) is 23.6 Å². The Bertz CT molecular complexity index is 2560. The lowest BCUT2D eigenvalue weighted by atomic mass is 9.86. The van der Waals surface area contributed by atoms with Crippen molar-refractivity contribution in [2.24, 2.45) is 22.9 Å². The minimum atomic E-state index is -0.484. The van der Waals surface area contributed by atoms with Crippen molar-refractivity contribution in [3.05, 3.63) is 118 Å². The zero-order valence-corrected chi connectivity index (χ0v) is 45.3. The van der Waals surface area contributed by atoms with Gasteiger partial charge in [-0.05, 0) is 140 Å². The number of nitrogens with one attached hydrogen (secondary N) is 4. The molecule has 5 rings (SSSR count). The average Bonchev–Trinajstić information content (AvgIpc) is 3.35. The van der Waals surface area contributed by atoms with E-state index in [1.54, 1.807) is 54.6 Å². The third-order valence-corrected chi connectivity index (χ3v) is 14.1. The number of nitrogens with two attached hydrogens (primary N) is 6. The van der Waals surface area contributed by atoms with Gasteiger partial charge < -0.3 is 65.1 Å². The van der Waals surface area contributed by atoms with Crippen LogP contribution in [0.1, 0.15) is 133 Å². The van der Waals surface area contributed by atoms with E-state index < -0.39 is 34.5 Å². The molecule has 0 atom stereocenters. The molecule has 0 spiro atoms. The molecule has 0 aromatic heterocycles. The molecule has 0 saturated heterocycles. The quantitative estimate of drug-likeness (QED) is 0.0140. The minimum Gasteiger partial charge on any atom is -0.493 e. The highest BCUT2D eigenvalue weighted by Gasteiger charge is 2.26. The van der Waals surface area contributed by atoms with Gasteiger partial charge in [0.2, 0.25) is 0 Å². The summed E-state index contributed by atoms with van der Waals surface area (Å²) < 4.78 is 12.1. The van der Waals surface area contributed by atoms with Crippen molar-refractivity contribution in [1.82, 2.24) is 0 Å². The van der Waals surface area contributed by atoms with Crippen molar-refractivity contribution < 1.29 is 28.7 Å². The number of benzene rings is 5. The Kier molecular flexibility index (Phi) is 22.1. The van der Waals surface area contributed by atoms with Gasteiger partial charge in [0.05, 0.1) is 56.9 Å². The highest BCUT2D eigenvalue weighted by Crippen LogP contribution is 2.42. The van der Waals surface area contributed by atoms with E-state index in [-0.39, 0.29) is 11.1 Å². The molecule has 18 heteroatoms. The summed E-state index contributed by atoms with van der Waals surface area (Å²) in [4.78, 5) is 58.3. The van der Waals surface area contributed by atoms with Crippen LogP contribution in [0, 0.1) is 0 Å². The van der Waals surface area contributed by atoms with Crippen LogP contribution in [0.5, 0.6) is 11.5 Å². The van der Waals surface area contributed by atoms with Crippen LogP contribution in [-0.4, -0.2) is 74.5 Å². The van der Waals surface area contributed by atoms with Crippen LogP contribution in [0.15, 0.2) is 94.7 Å². The normalized spacial score (nSPS) is 11.5. The van der Waals surface area contributed by atoms with Gasteiger partial charge in [0.1, 0.15) is 11.5 Å². The van der Waals surface area contributed by atoms with Crippen LogP contribution < -0.4 is 65.1 Å². The van der Waals surface area contributed by atoms with Gasteiger partial charge in [-0.25, -0.2) is 0 Å². The SMILES string of the molecule is CC(C)(C)c1cc(NC(=O)c2cccc(C(=O)Nc3cc(C(C)(C)C)cc(NC(=O)c4ccc(N)cc4OCCCCCN)c3SCCN)c2)c(SCCN)c(NC(=O)c2ccc(N)cc2OCCCCCN)c1. The number of unbranched alkanes of at least 4 members (excludes halogenated alkanes) is 4. The molecule has 16 nitrogen and oxygen atoms in total. The molecule has 5 aromatic rings. The molecule has 0 bridgehead atoms. The molecule has 4 amide bonds. The molecule has 0 aliphatic carbocycles. The average molecular weight is 1050 g/mol. The Morgan fingerprint density at radius 1 is 0.459 bits per heavy atom. The van der Waals surface area contributed by atoms with Crippen LogP contribution >= 0.6 is 23.5 Å². The molecular weight excluding hydrogens is 973 g/mol. The van der Waals surface area contributed by atoms with Crippen molar-refractivity contribution in [2.75, 3.05) is 83.6 Å². The predicted octanol–water partition coefficient (Wildman–Crippen LogP) is 9.57. The number of hydrogen-bond acceptors (Lipinski definition) is 14. The van der Waals surface area contributed by atoms with Gasteiger partial charge in [-0.15, -0.1) is 23.5 Å². The van der Waals surface area contributed by atoms with E-state index in [0.29, 0.717) is 117 Å². The van der Waals surface area contributed by atoms with E-state index in [2.05, 4.69) is 21.3 Å². The highest BCUT2D eigenvalue weighted by molar-refractivity contribution is 7.99. The zero-order chi connectivity index (χ0) is 54.0. The molecule has 0 aliphatic heterocycles. The van der Waals surface area contributed by atoms with Gasteiger partial charge in [-0.1, -0.05) is 47.6 Å². The molecule has 398 valence electrons. The summed E-state index contributed by atoms with van der Waals surface area (Å²) in [5.41, 5.74) is 40.3. The molecule has 0 heterocycles. The van der Waals surface area contributed by atoms with E-state index in [1.165, 1.54) is 29.6 Å². The van der Waals surface area contributed by atoms with E-state index in [4.69, 9.17) is 43.9 Å². The molecular formula is C56H76N10O6S2. The summed E-state index contributed by atoms with van der Waals surface area (Å²) >= 11 is 2.79. The molecule has 0 fully saturated rings. The number of hydrogen-bond donors (Lipinski definition) is 10. The number of ether oxygens (including phenoxy) is 2. The van der Waals surface area contributed by atoms with Crippen LogP contribution in [0.2, 0.25) is 0 Å². The summed E-state index contributed by atoms with van der Waals surface area (Å²) in [6.07, 6.45) is 5.05. The lowest BCUT2D eigenvalue weighted by molar-refractivity contribution is 0.101. The summed E-state index contributed by atoms with van der Waals surface area (Å²) in [6.45, 7) is 14.9. The fourth-order valence-electron chi connectivity index (χ4n) is 7.60. The molecule has 0 radical (unpaired) electrons. The summed E-state index contributed by atoms with van der Waals surface area (Å²) in [6, 6.07) is 23.8. The number of carbonyl (C=O) groups excluding carboxylic acids is 4. The molecule has 0 aliphatic rings. The first-order valence-corrected chi connectivity index (χ1v) is 27.1. The molecule has 0 unspecified atom stereocenters. The maximum absolute atomic E-state index is 14.4. The Balaban J connectivity index is 1.46. The summed E-state index contributed by atoms with van der Waals surface area (Å²) in [5.74, 6) is -0.132. The summed E-state index contributed by atoms with van der Waals surface area (Å²) in [5, 5.41) is 12.4. The second-order valence-corrected chi connectivity index (χ2v) is 22.1. The van der Waals surface area contributed by atoms with Crippen molar-refractivity contribution in [3.8, 4) is 11.5 Å². The third-order valence-electron chi connectivity index (χ3n) is 11.7. The number of nitrogen functional groups attached to an aromatic ring is 2. The van der Waals surface area contributed by atoms with E-state index >= 15 is 0 Å². The predicted molar refractivity (Wildman–Crippen MR) is 307 cm³/mol. The van der Waals surface area contributed by atoms with Gasteiger partial charge in [0.15, 0.2) is 0 Å². The summed E-state index contributed by atoms with van der Waals surface area (Å²) in [7, 11) is 0. The molecule has 16 N–H and O–H groups in total. The van der Waals surface area contributed by atoms with E-state index in [9.17, 15) is 19.2 Å². The van der Waals surface area contributed by atoms with Crippen LogP contribution in [0.25, 0.3) is 0 Å². The highest BCUT2D eigenvalue weighted by atomic mass is 32.2. The first-order chi connectivity index (χ1) is 35.3. The smallest absolute Gasteiger partial charge is 0.259 e. The maximum Gasteiger partial charge on any atom is 0.259 e. The maximum atomic E-state index is 14.4. The molecule has 74 heavy (non-hydrogen) atoms. The number of rotatable bonds is 26. The molecule has 0 saturated carbocycles. The Hall–Kier alpha value is -6.28. The van der Waals surface area contributed by atoms with Gasteiger partial charge in [0, 0.05) is 59.2 Å². The Morgan fingerprint density at radius 2 is 0.824 bits per heavy atom. The van der Waals surface area contributed by atoms with Crippen LogP contribution in [0.4, 0.5) is 34.1 Å². The first-order valence-electron chi connectivity index (χ1n) is 25.1. The van der Waals surface area contributed by atoms with Gasteiger partial charge >= 0.3 is 0 Å². The minimum absolute atomic E-state index is 0.212. The van der Waals surface area contributed by atoms with E-state index in [1.807, 2.05) is 65.8 Å². The fraction of sp³-hybridized carbons (Fsp3) is 0.393. The van der Waals surface area contributed by atoms with Crippen molar-refractivity contribution >= 4 is 81.3 Å². The van der Waals surface area contributed by atoms with Crippen molar-refractivity contribution in [1.29, 1.82) is 0 Å². The topological polar surface area (TPSA) is 291 Å². The van der Waals surface area contributed by atoms with Gasteiger partial charge in [-0.3, -0.25) is 19.2 Å². The Labute approximate surface area is 445 Å². The van der Waals surface area contributed by atoms with E-state index in [0.717, 1.165) is 49.7 Å². The second kappa shape index (κ2) is 27.9. The largest absolute Gasteiger partial charge is 0.493 e. The monoisotopic (exact) mass is 1050 g/mol.